The Balaban J connectivity index is 2.28. The second-order valence-corrected chi connectivity index (χ2v) is 4.61. The molecule has 0 spiro atoms. The number of hydrogen-bond donors (Lipinski definition) is 0. The topological polar surface area (TPSA) is 35.5 Å². The van der Waals surface area contributed by atoms with Crippen molar-refractivity contribution in [1.82, 2.24) is 0 Å². The fourth-order valence-electron chi connectivity index (χ4n) is 0.399. The molecule has 0 saturated carbocycles. The average molecular weight is 242 g/mol. The van der Waals surface area contributed by atoms with Gasteiger partial charge in [-0.25, -0.2) is 0 Å². The predicted octanol–water partition coefficient (Wildman–Crippen LogP) is 1.43. The van der Waals surface area contributed by atoms with E-state index in [0.29, 0.717) is 6.61 Å². The third kappa shape index (κ3) is 2.31. The summed E-state index contributed by atoms with van der Waals surface area (Å²) < 4.78 is 11.8. The van der Waals surface area contributed by atoms with Gasteiger partial charge < -0.3 is 0 Å². The Kier molecular flexibility index (Phi) is 2.47. The molecular weight excluding hydrogens is 235 g/mol. The molecule has 1 heterocycles. The van der Waals surface area contributed by atoms with Gasteiger partial charge in [0.25, 0.3) is 0 Å². The van der Waals surface area contributed by atoms with Gasteiger partial charge in [-0.1, -0.05) is 0 Å². The monoisotopic (exact) mass is 242 g/mol. The molecule has 0 bridgehead atoms. The molecule has 0 N–H and O–H groups in total. The Morgan fingerprint density at radius 1 is 1.89 bits per heavy atom. The van der Waals surface area contributed by atoms with E-state index in [1.54, 1.807) is 0 Å². The summed E-state index contributed by atoms with van der Waals surface area (Å²) in [6.45, 7) is 2.01. The summed E-state index contributed by atoms with van der Waals surface area (Å²) in [6.07, 6.45) is 1.88. The number of carbonyl (C=O) groups excluding carboxylic acids is 1. The number of hydrogen-bond acceptors (Lipinski definition) is 3. The molecule has 0 amide bonds. The Hall–Kier alpha value is -0.100. The summed E-state index contributed by atoms with van der Waals surface area (Å²) in [6, 6.07) is 0. The minimum absolute atomic E-state index is 0.244. The second-order valence-electron chi connectivity index (χ2n) is 1.45. The molecular formula is C5H7IO3. The van der Waals surface area contributed by atoms with Crippen LogP contribution < -0.4 is 0 Å². The fourth-order valence-corrected chi connectivity index (χ4v) is 2.68. The molecule has 0 saturated heterocycles. The van der Waals surface area contributed by atoms with Crippen molar-refractivity contribution < 1.29 is 10.9 Å². The first-order chi connectivity index (χ1) is 4.29. The Bertz CT molecular complexity index is 143. The van der Waals surface area contributed by atoms with Crippen molar-refractivity contribution in [2.24, 2.45) is 0 Å². The SMILES string of the molecule is CC(=O)OI1C=CCO1. The Labute approximate surface area is 61.5 Å². The van der Waals surface area contributed by atoms with Crippen LogP contribution in [0.1, 0.15) is 6.92 Å². The Morgan fingerprint density at radius 2 is 2.67 bits per heavy atom. The zero-order valence-electron chi connectivity index (χ0n) is 4.96. The van der Waals surface area contributed by atoms with Crippen molar-refractivity contribution in [3.63, 3.8) is 0 Å². The van der Waals surface area contributed by atoms with Crippen LogP contribution >= 0.6 is 20.6 Å². The molecule has 4 heteroatoms. The van der Waals surface area contributed by atoms with Crippen LogP contribution in [-0.2, 0) is 10.9 Å². The minimum atomic E-state index is -1.83. The van der Waals surface area contributed by atoms with E-state index in [2.05, 4.69) is 0 Å². The van der Waals surface area contributed by atoms with E-state index in [1.807, 2.05) is 10.2 Å². The van der Waals surface area contributed by atoms with Crippen LogP contribution in [0, 0.1) is 0 Å². The van der Waals surface area contributed by atoms with Crippen molar-refractivity contribution in [3.05, 3.63) is 10.2 Å². The molecule has 0 radical (unpaired) electrons. The van der Waals surface area contributed by atoms with E-state index < -0.39 is 20.6 Å². The predicted molar refractivity (Wildman–Crippen MR) is 40.9 cm³/mol. The molecule has 1 aliphatic rings. The zero-order valence-corrected chi connectivity index (χ0v) is 7.12. The maximum atomic E-state index is 10.3. The summed E-state index contributed by atoms with van der Waals surface area (Å²) in [4.78, 5) is 10.3. The van der Waals surface area contributed by atoms with Gasteiger partial charge in [-0.05, 0) is 0 Å². The molecule has 9 heavy (non-hydrogen) atoms. The van der Waals surface area contributed by atoms with Crippen LogP contribution in [0.2, 0.25) is 0 Å². The average Bonchev–Trinajstić information content (AvgIpc) is 2.15. The number of rotatable bonds is 1. The summed E-state index contributed by atoms with van der Waals surface area (Å²) in [5, 5.41) is 0. The molecule has 0 aromatic carbocycles. The third-order valence-corrected chi connectivity index (χ3v) is 3.77. The van der Waals surface area contributed by atoms with E-state index in [1.165, 1.54) is 6.92 Å². The van der Waals surface area contributed by atoms with E-state index >= 15 is 0 Å². The van der Waals surface area contributed by atoms with Crippen LogP contribution in [-0.4, -0.2) is 12.6 Å². The van der Waals surface area contributed by atoms with Crippen molar-refractivity contribution in [2.45, 2.75) is 6.92 Å². The molecule has 3 nitrogen and oxygen atoms in total. The first kappa shape index (κ1) is 7.01. The van der Waals surface area contributed by atoms with Gasteiger partial charge in [0.2, 0.25) is 0 Å². The second kappa shape index (κ2) is 3.17. The molecule has 0 fully saturated rings. The van der Waals surface area contributed by atoms with Crippen LogP contribution in [0.5, 0.6) is 0 Å². The molecule has 1 rings (SSSR count). The van der Waals surface area contributed by atoms with Crippen molar-refractivity contribution in [3.8, 4) is 0 Å². The first-order valence-electron chi connectivity index (χ1n) is 2.47. The molecule has 0 unspecified atom stereocenters. The van der Waals surface area contributed by atoms with Gasteiger partial charge >= 0.3 is 61.2 Å². The van der Waals surface area contributed by atoms with Crippen LogP contribution in [0.25, 0.3) is 0 Å². The van der Waals surface area contributed by atoms with Gasteiger partial charge in [-0.15, -0.1) is 0 Å². The van der Waals surface area contributed by atoms with Gasteiger partial charge in [0.05, 0.1) is 0 Å². The summed E-state index contributed by atoms with van der Waals surface area (Å²) in [5.41, 5.74) is 0. The number of carbonyl (C=O) groups is 1. The molecule has 0 aromatic heterocycles. The summed E-state index contributed by atoms with van der Waals surface area (Å²) in [5.74, 6) is -0.244. The van der Waals surface area contributed by atoms with Crippen LogP contribution in [0.3, 0.4) is 0 Å². The third-order valence-electron chi connectivity index (χ3n) is 0.643. The zero-order chi connectivity index (χ0) is 6.69. The van der Waals surface area contributed by atoms with E-state index in [0.717, 1.165) is 0 Å². The first-order valence-corrected chi connectivity index (χ1v) is 5.47. The normalized spacial score (nSPS) is 20.3. The molecule has 0 atom stereocenters. The van der Waals surface area contributed by atoms with Gasteiger partial charge in [0.1, 0.15) is 0 Å². The van der Waals surface area contributed by atoms with Crippen molar-refractivity contribution in [1.29, 1.82) is 0 Å². The van der Waals surface area contributed by atoms with Crippen LogP contribution in [0.4, 0.5) is 0 Å². The molecule has 0 aliphatic carbocycles. The quantitative estimate of drug-likeness (QED) is 0.652. The van der Waals surface area contributed by atoms with Crippen molar-refractivity contribution >= 4 is 26.6 Å². The molecule has 52 valence electrons. The Morgan fingerprint density at radius 3 is 3.11 bits per heavy atom. The van der Waals surface area contributed by atoms with E-state index in [-0.39, 0.29) is 5.97 Å². The molecule has 1 aliphatic heterocycles. The van der Waals surface area contributed by atoms with Gasteiger partial charge in [-0.3, -0.25) is 0 Å². The molecule has 0 aromatic rings. The van der Waals surface area contributed by atoms with E-state index in [4.69, 9.17) is 6.13 Å². The van der Waals surface area contributed by atoms with Gasteiger partial charge in [-0.2, -0.15) is 0 Å². The summed E-state index contributed by atoms with van der Waals surface area (Å²) in [7, 11) is 0. The maximum absolute atomic E-state index is 10.3. The number of halogens is 1. The van der Waals surface area contributed by atoms with Crippen LogP contribution in [0.15, 0.2) is 10.2 Å². The summed E-state index contributed by atoms with van der Waals surface area (Å²) >= 11 is -1.83. The van der Waals surface area contributed by atoms with Gasteiger partial charge in [0, 0.05) is 0 Å². The van der Waals surface area contributed by atoms with Gasteiger partial charge in [0.15, 0.2) is 0 Å². The van der Waals surface area contributed by atoms with E-state index in [9.17, 15) is 4.79 Å². The fraction of sp³-hybridized carbons (Fsp3) is 0.400. The van der Waals surface area contributed by atoms with Crippen molar-refractivity contribution in [2.75, 3.05) is 6.61 Å². The standard InChI is InChI=1S/C5H7IO3/c1-5(7)9-6-3-2-4-8-6/h2-3H,4H2,1H3.